The molecule has 0 N–H and O–H groups in total. The summed E-state index contributed by atoms with van der Waals surface area (Å²) in [5.41, 5.74) is 5.85. The number of anilines is 2. The van der Waals surface area contributed by atoms with Crippen molar-refractivity contribution in [3.8, 4) is 0 Å². The molecule has 156 valence electrons. The molecule has 0 amide bonds. The Balaban J connectivity index is 1.53. The predicted octanol–water partition coefficient (Wildman–Crippen LogP) is 2.74. The maximum absolute atomic E-state index is 5.53. The third-order valence-electron chi connectivity index (χ3n) is 5.83. The van der Waals surface area contributed by atoms with Gasteiger partial charge in [-0.25, -0.2) is 14.5 Å². The molecule has 2 saturated heterocycles. The zero-order chi connectivity index (χ0) is 20.7. The summed E-state index contributed by atoms with van der Waals surface area (Å²) in [4.78, 5) is 18.8. The van der Waals surface area contributed by atoms with Crippen molar-refractivity contribution in [3.05, 3.63) is 41.2 Å². The molecule has 2 aliphatic rings. The lowest BCUT2D eigenvalue weighted by atomic mass is 10.1. The second-order valence-corrected chi connectivity index (χ2v) is 8.03. The molecule has 8 heteroatoms. The van der Waals surface area contributed by atoms with Gasteiger partial charge in [0.15, 0.2) is 11.5 Å². The summed E-state index contributed by atoms with van der Waals surface area (Å²) in [5.74, 6) is 1.72. The number of hydrogen-bond acceptors (Lipinski definition) is 7. The minimum atomic E-state index is 0.677. The van der Waals surface area contributed by atoms with Crippen LogP contribution in [0.1, 0.15) is 36.3 Å². The molecule has 0 spiro atoms. The molecular formula is C22H27N7O. The molecule has 8 nitrogen and oxygen atoms in total. The van der Waals surface area contributed by atoms with Gasteiger partial charge in [0.05, 0.1) is 30.3 Å². The average molecular weight is 406 g/mol. The van der Waals surface area contributed by atoms with E-state index in [0.717, 1.165) is 73.5 Å². The van der Waals surface area contributed by atoms with E-state index in [2.05, 4.69) is 43.9 Å². The fourth-order valence-electron chi connectivity index (χ4n) is 3.85. The highest BCUT2D eigenvalue weighted by molar-refractivity contribution is 5.79. The number of morpholine rings is 1. The quantitative estimate of drug-likeness (QED) is 0.661. The molecule has 0 unspecified atom stereocenters. The lowest BCUT2D eigenvalue weighted by molar-refractivity contribution is 0.122. The van der Waals surface area contributed by atoms with Crippen molar-refractivity contribution < 1.29 is 4.74 Å². The summed E-state index contributed by atoms with van der Waals surface area (Å²) < 4.78 is 7.38. The molecule has 3 aromatic rings. The van der Waals surface area contributed by atoms with E-state index in [1.54, 1.807) is 0 Å². The zero-order valence-corrected chi connectivity index (χ0v) is 17.8. The highest BCUT2D eigenvalue weighted by Gasteiger charge is 2.20. The van der Waals surface area contributed by atoms with Gasteiger partial charge in [-0.3, -0.25) is 4.98 Å². The molecule has 0 bridgehead atoms. The summed E-state index contributed by atoms with van der Waals surface area (Å²) in [6.45, 7) is 11.5. The molecule has 5 rings (SSSR count). The van der Waals surface area contributed by atoms with Crippen LogP contribution in [0.3, 0.4) is 0 Å². The minimum absolute atomic E-state index is 0.677. The Morgan fingerprint density at radius 3 is 2.53 bits per heavy atom. The van der Waals surface area contributed by atoms with Gasteiger partial charge in [0.25, 0.3) is 0 Å². The molecule has 30 heavy (non-hydrogen) atoms. The Labute approximate surface area is 176 Å². The number of pyridine rings is 1. The van der Waals surface area contributed by atoms with Gasteiger partial charge in [-0.2, -0.15) is 0 Å². The number of fused-ring (bicyclic) bond motifs is 1. The summed E-state index contributed by atoms with van der Waals surface area (Å²) in [6.07, 6.45) is 5.06. The normalized spacial score (nSPS) is 17.5. The summed E-state index contributed by atoms with van der Waals surface area (Å²) >= 11 is 0. The van der Waals surface area contributed by atoms with Gasteiger partial charge in [-0.15, -0.1) is 5.10 Å². The Kier molecular flexibility index (Phi) is 4.86. The van der Waals surface area contributed by atoms with Crippen LogP contribution in [0.2, 0.25) is 0 Å². The maximum Gasteiger partial charge on any atom is 0.177 e. The fraction of sp³-hybridized carbons (Fsp3) is 0.455. The van der Waals surface area contributed by atoms with Crippen molar-refractivity contribution in [1.82, 2.24) is 24.6 Å². The van der Waals surface area contributed by atoms with Crippen LogP contribution in [0.5, 0.6) is 0 Å². The number of rotatable bonds is 4. The molecule has 3 aromatic heterocycles. The Hall–Kier alpha value is -3.00. The van der Waals surface area contributed by atoms with Gasteiger partial charge in [0, 0.05) is 44.1 Å². The SMILES string of the molecule is C/C(=C\c1nc2c(C)ncc(C)n2n1)c1cc(N2CCOCC2)cc(N2CCC2)n1. The molecule has 2 aliphatic heterocycles. The zero-order valence-electron chi connectivity index (χ0n) is 17.8. The number of allylic oxidation sites excluding steroid dienone is 1. The molecule has 0 atom stereocenters. The maximum atomic E-state index is 5.53. The monoisotopic (exact) mass is 405 g/mol. The van der Waals surface area contributed by atoms with Gasteiger partial charge >= 0.3 is 0 Å². The van der Waals surface area contributed by atoms with Crippen LogP contribution in [0.25, 0.3) is 17.3 Å². The molecule has 5 heterocycles. The molecule has 2 fully saturated rings. The van der Waals surface area contributed by atoms with Crippen LogP contribution in [0, 0.1) is 13.8 Å². The van der Waals surface area contributed by atoms with E-state index in [4.69, 9.17) is 9.72 Å². The Bertz CT molecular complexity index is 1070. The summed E-state index contributed by atoms with van der Waals surface area (Å²) in [7, 11) is 0. The van der Waals surface area contributed by atoms with Crippen LogP contribution in [0.4, 0.5) is 11.5 Å². The first kappa shape index (κ1) is 19.0. The van der Waals surface area contributed by atoms with Crippen molar-refractivity contribution in [2.75, 3.05) is 49.2 Å². The van der Waals surface area contributed by atoms with Crippen molar-refractivity contribution >= 4 is 28.8 Å². The Morgan fingerprint density at radius 1 is 1.03 bits per heavy atom. The van der Waals surface area contributed by atoms with Crippen molar-refractivity contribution in [3.63, 3.8) is 0 Å². The third kappa shape index (κ3) is 3.52. The lowest BCUT2D eigenvalue weighted by Crippen LogP contribution is -2.39. The van der Waals surface area contributed by atoms with E-state index in [9.17, 15) is 0 Å². The average Bonchev–Trinajstić information content (AvgIpc) is 3.15. The first-order valence-corrected chi connectivity index (χ1v) is 10.6. The van der Waals surface area contributed by atoms with E-state index in [1.165, 1.54) is 12.1 Å². The molecule has 0 saturated carbocycles. The van der Waals surface area contributed by atoms with E-state index in [1.807, 2.05) is 30.6 Å². The summed E-state index contributed by atoms with van der Waals surface area (Å²) in [6, 6.07) is 4.39. The fourth-order valence-corrected chi connectivity index (χ4v) is 3.85. The number of nitrogens with zero attached hydrogens (tertiary/aromatic N) is 7. The van der Waals surface area contributed by atoms with Gasteiger partial charge in [0.1, 0.15) is 5.82 Å². The summed E-state index contributed by atoms with van der Waals surface area (Å²) in [5, 5.41) is 4.66. The van der Waals surface area contributed by atoms with Crippen LogP contribution in [-0.2, 0) is 4.74 Å². The van der Waals surface area contributed by atoms with Gasteiger partial charge in [-0.05, 0) is 44.9 Å². The van der Waals surface area contributed by atoms with Crippen LogP contribution in [0.15, 0.2) is 18.3 Å². The van der Waals surface area contributed by atoms with Crippen molar-refractivity contribution in [2.24, 2.45) is 0 Å². The van der Waals surface area contributed by atoms with E-state index in [0.29, 0.717) is 5.82 Å². The largest absolute Gasteiger partial charge is 0.378 e. The van der Waals surface area contributed by atoms with Crippen molar-refractivity contribution in [2.45, 2.75) is 27.2 Å². The predicted molar refractivity (Wildman–Crippen MR) is 118 cm³/mol. The van der Waals surface area contributed by atoms with E-state index in [-0.39, 0.29) is 0 Å². The highest BCUT2D eigenvalue weighted by atomic mass is 16.5. The number of ether oxygens (including phenoxy) is 1. The lowest BCUT2D eigenvalue weighted by Gasteiger charge is -2.34. The second-order valence-electron chi connectivity index (χ2n) is 8.03. The van der Waals surface area contributed by atoms with Crippen molar-refractivity contribution in [1.29, 1.82) is 0 Å². The van der Waals surface area contributed by atoms with Crippen LogP contribution in [-0.4, -0.2) is 64.0 Å². The molecule has 0 aliphatic carbocycles. The van der Waals surface area contributed by atoms with Gasteiger partial charge in [-0.1, -0.05) is 0 Å². The van der Waals surface area contributed by atoms with Crippen LogP contribution >= 0.6 is 0 Å². The minimum Gasteiger partial charge on any atom is -0.378 e. The number of hydrogen-bond donors (Lipinski definition) is 0. The smallest absolute Gasteiger partial charge is 0.177 e. The van der Waals surface area contributed by atoms with Gasteiger partial charge in [0.2, 0.25) is 0 Å². The van der Waals surface area contributed by atoms with Gasteiger partial charge < -0.3 is 14.5 Å². The molecule has 0 aromatic carbocycles. The first-order chi connectivity index (χ1) is 14.6. The molecule has 0 radical (unpaired) electrons. The number of aryl methyl sites for hydroxylation is 2. The third-order valence-corrected chi connectivity index (χ3v) is 5.83. The molecular weight excluding hydrogens is 378 g/mol. The Morgan fingerprint density at radius 2 is 1.83 bits per heavy atom. The standard InChI is InChI=1S/C22H27N7O/c1-15(11-20-25-22-17(3)23-14-16(2)29(22)26-20)19-12-18(27-7-9-30-10-8-27)13-21(24-19)28-5-4-6-28/h11-14H,4-10H2,1-3H3/b15-11+. The van der Waals surface area contributed by atoms with E-state index < -0.39 is 0 Å². The van der Waals surface area contributed by atoms with Crippen LogP contribution < -0.4 is 9.80 Å². The number of aromatic nitrogens is 5. The topological polar surface area (TPSA) is 71.7 Å². The highest BCUT2D eigenvalue weighted by Crippen LogP contribution is 2.29. The first-order valence-electron chi connectivity index (χ1n) is 10.6. The van der Waals surface area contributed by atoms with E-state index >= 15 is 0 Å². The second kappa shape index (κ2) is 7.68.